The van der Waals surface area contributed by atoms with Gasteiger partial charge in [0.05, 0.1) is 12.6 Å². The lowest BCUT2D eigenvalue weighted by Crippen LogP contribution is -2.52. The molecule has 1 fully saturated rings. The summed E-state index contributed by atoms with van der Waals surface area (Å²) in [4.78, 5) is 24.0. The molecule has 0 saturated heterocycles. The Morgan fingerprint density at radius 2 is 2.09 bits per heavy atom. The summed E-state index contributed by atoms with van der Waals surface area (Å²) in [5.41, 5.74) is 0.755. The van der Waals surface area contributed by atoms with E-state index in [0.29, 0.717) is 5.76 Å². The Bertz CT molecular complexity index is 685. The lowest BCUT2D eigenvalue weighted by molar-refractivity contribution is -0.132. The molecule has 1 aromatic heterocycles. The van der Waals surface area contributed by atoms with Crippen molar-refractivity contribution in [2.75, 3.05) is 0 Å². The van der Waals surface area contributed by atoms with Gasteiger partial charge in [-0.05, 0) is 31.9 Å². The van der Waals surface area contributed by atoms with E-state index in [-0.39, 0.29) is 18.4 Å². The Kier molecular flexibility index (Phi) is 4.34. The van der Waals surface area contributed by atoms with Crippen LogP contribution in [0.2, 0.25) is 0 Å². The number of furan rings is 1. The highest BCUT2D eigenvalue weighted by Gasteiger charge is 2.34. The van der Waals surface area contributed by atoms with Crippen molar-refractivity contribution >= 4 is 22.8 Å². The summed E-state index contributed by atoms with van der Waals surface area (Å²) in [6.07, 6.45) is 0.728. The fraction of sp³-hybridized carbons (Fsp3) is 0.412. The molecule has 23 heavy (non-hydrogen) atoms. The summed E-state index contributed by atoms with van der Waals surface area (Å²) in [5.74, 6) is 0.0149. The Labute approximate surface area is 133 Å². The fourth-order valence-corrected chi connectivity index (χ4v) is 2.43. The molecule has 1 heterocycles. The van der Waals surface area contributed by atoms with Gasteiger partial charge in [-0.15, -0.1) is 0 Å². The van der Waals surface area contributed by atoms with Crippen LogP contribution in [0.15, 0.2) is 34.7 Å². The summed E-state index contributed by atoms with van der Waals surface area (Å²) in [5, 5.41) is 16.0. The smallest absolute Gasteiger partial charge is 0.245 e. The second kappa shape index (κ2) is 6.42. The minimum atomic E-state index is -0.964. The number of hydrogen-bond acceptors (Lipinski definition) is 4. The highest BCUT2D eigenvalue weighted by Crippen LogP contribution is 2.29. The van der Waals surface area contributed by atoms with Crippen LogP contribution < -0.4 is 10.6 Å². The number of rotatable bonds is 6. The van der Waals surface area contributed by atoms with Crippen molar-refractivity contribution in [3.8, 4) is 0 Å². The van der Waals surface area contributed by atoms with E-state index in [1.165, 1.54) is 6.92 Å². The molecule has 1 saturated carbocycles. The predicted octanol–water partition coefficient (Wildman–Crippen LogP) is 1.32. The van der Waals surface area contributed by atoms with E-state index in [4.69, 9.17) is 4.42 Å². The molecule has 1 aliphatic rings. The average molecular weight is 316 g/mol. The lowest BCUT2D eigenvalue weighted by atomic mass is 10.1. The maximum atomic E-state index is 12.2. The van der Waals surface area contributed by atoms with Crippen LogP contribution in [0.25, 0.3) is 11.0 Å². The minimum Gasteiger partial charge on any atom is -0.459 e. The summed E-state index contributed by atoms with van der Waals surface area (Å²) in [6, 6.07) is 8.48. The second-order valence-corrected chi connectivity index (χ2v) is 5.97. The summed E-state index contributed by atoms with van der Waals surface area (Å²) in [7, 11) is 0. The zero-order valence-corrected chi connectivity index (χ0v) is 12.9. The molecule has 0 radical (unpaired) electrons. The highest BCUT2D eigenvalue weighted by atomic mass is 16.3. The number of aliphatic hydroxyl groups excluding tert-OH is 1. The van der Waals surface area contributed by atoms with E-state index in [1.54, 1.807) is 0 Å². The molecule has 1 aliphatic carbocycles. The van der Waals surface area contributed by atoms with Gasteiger partial charge in [0.1, 0.15) is 17.4 Å². The number of carbonyl (C=O) groups is 2. The van der Waals surface area contributed by atoms with E-state index >= 15 is 0 Å². The van der Waals surface area contributed by atoms with Crippen LogP contribution in [-0.2, 0) is 16.1 Å². The molecule has 0 spiro atoms. The van der Waals surface area contributed by atoms with Crippen LogP contribution in [0.5, 0.6) is 0 Å². The van der Waals surface area contributed by atoms with Crippen molar-refractivity contribution in [3.05, 3.63) is 36.1 Å². The molecule has 2 atom stereocenters. The molecule has 2 unspecified atom stereocenters. The van der Waals surface area contributed by atoms with E-state index < -0.39 is 18.1 Å². The first kappa shape index (κ1) is 15.6. The lowest BCUT2D eigenvalue weighted by Gasteiger charge is -2.20. The van der Waals surface area contributed by atoms with Crippen molar-refractivity contribution in [1.29, 1.82) is 0 Å². The van der Waals surface area contributed by atoms with Gasteiger partial charge in [0.15, 0.2) is 0 Å². The molecule has 6 heteroatoms. The van der Waals surface area contributed by atoms with Gasteiger partial charge in [0, 0.05) is 11.3 Å². The van der Waals surface area contributed by atoms with Crippen LogP contribution in [0.4, 0.5) is 0 Å². The van der Waals surface area contributed by atoms with Crippen LogP contribution in [0, 0.1) is 5.92 Å². The van der Waals surface area contributed by atoms with Gasteiger partial charge in [0.25, 0.3) is 0 Å². The normalized spacial score (nSPS) is 16.8. The third-order valence-electron chi connectivity index (χ3n) is 3.92. The van der Waals surface area contributed by atoms with E-state index in [9.17, 15) is 14.7 Å². The largest absolute Gasteiger partial charge is 0.459 e. The number of nitrogens with one attached hydrogen (secondary N) is 2. The van der Waals surface area contributed by atoms with E-state index in [0.717, 1.165) is 23.8 Å². The molecule has 3 N–H and O–H groups in total. The molecule has 2 aromatic rings. The van der Waals surface area contributed by atoms with Gasteiger partial charge < -0.3 is 20.2 Å². The SMILES string of the molecule is CC(O)C(NC(=O)C1CC1)C(=O)NCc1cc2ccccc2o1. The van der Waals surface area contributed by atoms with Crippen LogP contribution in [-0.4, -0.2) is 29.1 Å². The molecule has 0 bridgehead atoms. The van der Waals surface area contributed by atoms with Gasteiger partial charge in [-0.2, -0.15) is 0 Å². The molecule has 2 amide bonds. The monoisotopic (exact) mass is 316 g/mol. The molecular weight excluding hydrogens is 296 g/mol. The Balaban J connectivity index is 1.60. The first-order valence-corrected chi connectivity index (χ1v) is 7.78. The van der Waals surface area contributed by atoms with Gasteiger partial charge >= 0.3 is 0 Å². The topological polar surface area (TPSA) is 91.6 Å². The summed E-state index contributed by atoms with van der Waals surface area (Å²) < 4.78 is 5.62. The van der Waals surface area contributed by atoms with E-state index in [2.05, 4.69) is 10.6 Å². The zero-order chi connectivity index (χ0) is 16.4. The molecule has 6 nitrogen and oxygen atoms in total. The minimum absolute atomic E-state index is 0.0144. The molecule has 3 rings (SSSR count). The van der Waals surface area contributed by atoms with Gasteiger partial charge in [-0.3, -0.25) is 9.59 Å². The zero-order valence-electron chi connectivity index (χ0n) is 12.9. The van der Waals surface area contributed by atoms with Gasteiger partial charge in [-0.1, -0.05) is 18.2 Å². The summed E-state index contributed by atoms with van der Waals surface area (Å²) >= 11 is 0. The fourth-order valence-electron chi connectivity index (χ4n) is 2.43. The molecule has 122 valence electrons. The number of amides is 2. The highest BCUT2D eigenvalue weighted by molar-refractivity contribution is 5.89. The van der Waals surface area contributed by atoms with Crippen molar-refractivity contribution in [2.45, 2.75) is 38.5 Å². The Morgan fingerprint density at radius 3 is 2.74 bits per heavy atom. The summed E-state index contributed by atoms with van der Waals surface area (Å²) in [6.45, 7) is 1.69. The molecule has 0 aliphatic heterocycles. The van der Waals surface area contributed by atoms with Crippen molar-refractivity contribution in [3.63, 3.8) is 0 Å². The Hall–Kier alpha value is -2.34. The molecular formula is C17H20N2O4. The van der Waals surface area contributed by atoms with Crippen LogP contribution >= 0.6 is 0 Å². The Morgan fingerprint density at radius 1 is 1.35 bits per heavy atom. The van der Waals surface area contributed by atoms with Crippen LogP contribution in [0.3, 0.4) is 0 Å². The number of hydrogen-bond donors (Lipinski definition) is 3. The van der Waals surface area contributed by atoms with Crippen LogP contribution in [0.1, 0.15) is 25.5 Å². The standard InChI is InChI=1S/C17H20N2O4/c1-10(20)15(19-16(21)11-6-7-11)17(22)18-9-13-8-12-4-2-3-5-14(12)23-13/h2-5,8,10-11,15,20H,6-7,9H2,1H3,(H,18,22)(H,19,21). The number of aliphatic hydroxyl groups is 1. The van der Waals surface area contributed by atoms with Gasteiger partial charge in [-0.25, -0.2) is 0 Å². The van der Waals surface area contributed by atoms with Gasteiger partial charge in [0.2, 0.25) is 11.8 Å². The predicted molar refractivity (Wildman–Crippen MR) is 84.4 cm³/mol. The maximum Gasteiger partial charge on any atom is 0.245 e. The first-order valence-electron chi connectivity index (χ1n) is 7.78. The number of para-hydroxylation sites is 1. The number of carbonyl (C=O) groups excluding carboxylic acids is 2. The average Bonchev–Trinajstić information content (AvgIpc) is 3.29. The van der Waals surface area contributed by atoms with Crippen molar-refractivity contribution in [2.24, 2.45) is 5.92 Å². The third-order valence-corrected chi connectivity index (χ3v) is 3.92. The third kappa shape index (κ3) is 3.71. The number of benzene rings is 1. The second-order valence-electron chi connectivity index (χ2n) is 5.97. The van der Waals surface area contributed by atoms with Crippen molar-refractivity contribution < 1.29 is 19.1 Å². The first-order chi connectivity index (χ1) is 11.0. The van der Waals surface area contributed by atoms with E-state index in [1.807, 2.05) is 30.3 Å². The molecule has 1 aromatic carbocycles. The quantitative estimate of drug-likeness (QED) is 0.749. The number of fused-ring (bicyclic) bond motifs is 1. The van der Waals surface area contributed by atoms with Crippen molar-refractivity contribution in [1.82, 2.24) is 10.6 Å². The maximum absolute atomic E-state index is 12.2.